The number of methoxy groups -OCH3 is 1. The Bertz CT molecular complexity index is 346. The minimum Gasteiger partial charge on any atom is -0.467 e. The van der Waals surface area contributed by atoms with Crippen molar-refractivity contribution in [2.24, 2.45) is 11.5 Å². The maximum Gasteiger partial charge on any atom is 0.331 e. The Morgan fingerprint density at radius 1 is 1.35 bits per heavy atom. The Hall–Kier alpha value is -1.83. The monoisotopic (exact) mass is 245 g/mol. The highest BCUT2D eigenvalue weighted by Crippen LogP contribution is 2.30. The molecule has 1 aliphatic heterocycles. The van der Waals surface area contributed by atoms with Crippen LogP contribution < -0.4 is 11.5 Å². The van der Waals surface area contributed by atoms with Gasteiger partial charge < -0.3 is 20.9 Å². The number of likely N-dealkylation sites (tertiary alicyclic amines) is 1. The molecule has 0 spiro atoms. The summed E-state index contributed by atoms with van der Waals surface area (Å²) >= 11 is 0. The number of hydrogen-bond acceptors (Lipinski definition) is 5. The van der Waals surface area contributed by atoms with Gasteiger partial charge in [-0.3, -0.25) is 9.69 Å². The third-order valence-corrected chi connectivity index (χ3v) is 2.64. The van der Waals surface area contributed by atoms with Gasteiger partial charge in [-0.2, -0.15) is 0 Å². The first-order valence-corrected chi connectivity index (χ1v) is 5.02. The first-order chi connectivity index (χ1) is 7.94. The molecule has 17 heavy (non-hydrogen) atoms. The Labute approximate surface area is 97.8 Å². The number of carbonyl (C=O) groups excluding carboxylic acids is 3. The molecule has 0 saturated carbocycles. The van der Waals surface area contributed by atoms with Crippen LogP contribution in [-0.2, 0) is 19.1 Å². The fourth-order valence-electron chi connectivity index (χ4n) is 1.80. The summed E-state index contributed by atoms with van der Waals surface area (Å²) in [5.41, 5.74) is 8.72. The number of nitrogens with two attached hydrogens (primary N) is 2. The second-order valence-electron chi connectivity index (χ2n) is 3.61. The smallest absolute Gasteiger partial charge is 0.331 e. The maximum atomic E-state index is 11.4. The summed E-state index contributed by atoms with van der Waals surface area (Å²) in [6, 6.07) is -0.814. The number of primary amides is 2. The van der Waals surface area contributed by atoms with Crippen molar-refractivity contribution >= 4 is 17.9 Å². The molecule has 0 radical (unpaired) electrons. The summed E-state index contributed by atoms with van der Waals surface area (Å²) in [6.45, 7) is -0.206. The van der Waals surface area contributed by atoms with Crippen LogP contribution in [0, 0.1) is 0 Å². The predicted octanol–water partition coefficient (Wildman–Crippen LogP) is -1.47. The van der Waals surface area contributed by atoms with Gasteiger partial charge in [-0.25, -0.2) is 9.59 Å². The first kappa shape index (κ1) is 13.2. The van der Waals surface area contributed by atoms with Crippen molar-refractivity contribution < 1.29 is 23.9 Å². The average Bonchev–Trinajstić information content (AvgIpc) is 2.70. The van der Waals surface area contributed by atoms with Crippen LogP contribution in [0.3, 0.4) is 0 Å². The highest BCUT2D eigenvalue weighted by Gasteiger charge is 2.49. The zero-order chi connectivity index (χ0) is 13.1. The zero-order valence-electron chi connectivity index (χ0n) is 9.47. The molecule has 4 N–H and O–H groups in total. The topological polar surface area (TPSA) is 125 Å². The van der Waals surface area contributed by atoms with E-state index in [0.717, 1.165) is 4.90 Å². The fraction of sp³-hybridized carbons (Fsp3) is 0.667. The highest BCUT2D eigenvalue weighted by atomic mass is 16.6. The molecule has 3 amide bonds. The number of ether oxygens (including phenoxy) is 2. The van der Waals surface area contributed by atoms with Gasteiger partial charge in [0.1, 0.15) is 6.61 Å². The molecule has 1 aliphatic rings. The molecule has 1 rings (SSSR count). The highest BCUT2D eigenvalue weighted by molar-refractivity contribution is 5.89. The minimum atomic E-state index is -1.64. The van der Waals surface area contributed by atoms with Crippen molar-refractivity contribution in [3.8, 4) is 0 Å². The van der Waals surface area contributed by atoms with Crippen LogP contribution in [0.1, 0.15) is 12.8 Å². The van der Waals surface area contributed by atoms with Crippen LogP contribution in [0.25, 0.3) is 0 Å². The predicted molar refractivity (Wildman–Crippen MR) is 55.4 cm³/mol. The third-order valence-electron chi connectivity index (χ3n) is 2.64. The number of urea groups is 1. The number of hydrogen-bond donors (Lipinski definition) is 2. The lowest BCUT2D eigenvalue weighted by Crippen LogP contribution is -2.59. The molecule has 1 unspecified atom stereocenters. The first-order valence-electron chi connectivity index (χ1n) is 5.02. The van der Waals surface area contributed by atoms with E-state index in [1.807, 2.05) is 0 Å². The van der Waals surface area contributed by atoms with Crippen molar-refractivity contribution in [2.45, 2.75) is 18.6 Å². The van der Waals surface area contributed by atoms with Gasteiger partial charge in [0.25, 0.3) is 5.91 Å². The van der Waals surface area contributed by atoms with Gasteiger partial charge >= 0.3 is 12.0 Å². The number of nitrogens with zero attached hydrogens (tertiary/aromatic N) is 1. The molecule has 96 valence electrons. The van der Waals surface area contributed by atoms with Crippen molar-refractivity contribution in [1.29, 1.82) is 0 Å². The minimum absolute atomic E-state index is 0.211. The summed E-state index contributed by atoms with van der Waals surface area (Å²) in [5, 5.41) is 0. The fourth-order valence-corrected chi connectivity index (χ4v) is 1.80. The van der Waals surface area contributed by atoms with Crippen LogP contribution in [0.15, 0.2) is 0 Å². The lowest BCUT2D eigenvalue weighted by Gasteiger charge is -2.33. The molecule has 1 heterocycles. The van der Waals surface area contributed by atoms with Crippen molar-refractivity contribution in [2.75, 3.05) is 20.3 Å². The molecule has 0 aromatic carbocycles. The summed E-state index contributed by atoms with van der Waals surface area (Å²) in [4.78, 5) is 34.6. The molecular weight excluding hydrogens is 230 g/mol. The second kappa shape index (κ2) is 5.00. The Morgan fingerprint density at radius 2 is 2.00 bits per heavy atom. The molecular formula is C9H15N3O5. The second-order valence-corrected chi connectivity index (χ2v) is 3.61. The normalized spacial score (nSPS) is 23.5. The van der Waals surface area contributed by atoms with Crippen LogP contribution in [0.4, 0.5) is 4.79 Å². The van der Waals surface area contributed by atoms with Crippen molar-refractivity contribution in [3.63, 3.8) is 0 Å². The molecule has 0 bridgehead atoms. The van der Waals surface area contributed by atoms with Crippen LogP contribution in [-0.4, -0.2) is 48.8 Å². The summed E-state index contributed by atoms with van der Waals surface area (Å²) < 4.78 is 9.53. The van der Waals surface area contributed by atoms with Gasteiger partial charge in [-0.05, 0) is 6.42 Å². The van der Waals surface area contributed by atoms with Gasteiger partial charge in [0.15, 0.2) is 0 Å². The number of rotatable bonds is 4. The third kappa shape index (κ3) is 2.47. The van der Waals surface area contributed by atoms with Gasteiger partial charge in [0.2, 0.25) is 5.72 Å². The SMILES string of the molecule is COC(=O)COC1(C(N)=O)CCCN1C(N)=O. The van der Waals surface area contributed by atoms with Crippen molar-refractivity contribution in [1.82, 2.24) is 4.90 Å². The van der Waals surface area contributed by atoms with Gasteiger partial charge in [0.05, 0.1) is 7.11 Å². The molecule has 8 heteroatoms. The van der Waals surface area contributed by atoms with Crippen LogP contribution in [0.2, 0.25) is 0 Å². The van der Waals surface area contributed by atoms with E-state index in [4.69, 9.17) is 16.2 Å². The molecule has 0 aromatic heterocycles. The van der Waals surface area contributed by atoms with E-state index >= 15 is 0 Å². The largest absolute Gasteiger partial charge is 0.467 e. The Kier molecular flexibility index (Phi) is 3.89. The van der Waals surface area contributed by atoms with Gasteiger partial charge in [-0.1, -0.05) is 0 Å². The zero-order valence-corrected chi connectivity index (χ0v) is 9.47. The number of carbonyl (C=O) groups is 3. The summed E-state index contributed by atoms with van der Waals surface area (Å²) in [5.74, 6) is -1.51. The van der Waals surface area contributed by atoms with E-state index in [1.165, 1.54) is 7.11 Å². The Balaban J connectivity index is 2.85. The van der Waals surface area contributed by atoms with E-state index in [-0.39, 0.29) is 13.0 Å². The standard InChI is InChI=1S/C9H15N3O5/c1-16-6(13)5-17-9(7(10)14)3-2-4-12(9)8(11)15/h2-5H2,1H3,(H2,10,14)(H2,11,15). The van der Waals surface area contributed by atoms with E-state index in [1.54, 1.807) is 0 Å². The van der Waals surface area contributed by atoms with E-state index in [9.17, 15) is 14.4 Å². The molecule has 1 atom stereocenters. The molecule has 8 nitrogen and oxygen atoms in total. The summed E-state index contributed by atoms with van der Waals surface area (Å²) in [6.07, 6.45) is 0.731. The summed E-state index contributed by atoms with van der Waals surface area (Å²) in [7, 11) is 1.18. The lowest BCUT2D eigenvalue weighted by atomic mass is 10.1. The van der Waals surface area contributed by atoms with E-state index < -0.39 is 30.2 Å². The Morgan fingerprint density at radius 3 is 2.47 bits per heavy atom. The number of amides is 3. The van der Waals surface area contributed by atoms with Gasteiger partial charge in [-0.15, -0.1) is 0 Å². The number of esters is 1. The molecule has 0 aliphatic carbocycles. The average molecular weight is 245 g/mol. The quantitative estimate of drug-likeness (QED) is 0.585. The lowest BCUT2D eigenvalue weighted by molar-refractivity contribution is -0.172. The van der Waals surface area contributed by atoms with Gasteiger partial charge in [0, 0.05) is 13.0 Å². The van der Waals surface area contributed by atoms with Crippen LogP contribution in [0.5, 0.6) is 0 Å². The molecule has 1 saturated heterocycles. The van der Waals surface area contributed by atoms with E-state index in [0.29, 0.717) is 6.42 Å². The van der Waals surface area contributed by atoms with Crippen LogP contribution >= 0.6 is 0 Å². The van der Waals surface area contributed by atoms with E-state index in [2.05, 4.69) is 4.74 Å². The maximum absolute atomic E-state index is 11.4. The molecule has 0 aromatic rings. The van der Waals surface area contributed by atoms with Crippen molar-refractivity contribution in [3.05, 3.63) is 0 Å². The molecule has 1 fully saturated rings.